The van der Waals surface area contributed by atoms with E-state index in [9.17, 15) is 0 Å². The lowest BCUT2D eigenvalue weighted by Crippen LogP contribution is -2.16. The van der Waals surface area contributed by atoms with Crippen molar-refractivity contribution < 1.29 is 4.74 Å². The van der Waals surface area contributed by atoms with Gasteiger partial charge in [0.2, 0.25) is 0 Å². The molecule has 0 unspecified atom stereocenters. The molecule has 1 atom stereocenters. The van der Waals surface area contributed by atoms with Crippen LogP contribution in [0, 0.1) is 0 Å². The number of hydrogen-bond acceptors (Lipinski definition) is 4. The highest BCUT2D eigenvalue weighted by Gasteiger charge is 2.23. The summed E-state index contributed by atoms with van der Waals surface area (Å²) in [6.07, 6.45) is 4.46. The molecule has 1 aliphatic rings. The number of aromatic amines is 1. The molecule has 5 nitrogen and oxygen atoms in total. The van der Waals surface area contributed by atoms with Gasteiger partial charge in [-0.1, -0.05) is 58.0 Å². The van der Waals surface area contributed by atoms with Crippen LogP contribution < -0.4 is 0 Å². The Labute approximate surface area is 182 Å². The van der Waals surface area contributed by atoms with Gasteiger partial charge in [0.25, 0.3) is 0 Å². The summed E-state index contributed by atoms with van der Waals surface area (Å²) in [4.78, 5) is 3.36. The zero-order valence-corrected chi connectivity index (χ0v) is 18.2. The van der Waals surface area contributed by atoms with Crippen LogP contribution in [0.5, 0.6) is 0 Å². The molecular weight excluding hydrogens is 448 g/mol. The fourth-order valence-corrected chi connectivity index (χ4v) is 4.90. The van der Waals surface area contributed by atoms with Crippen molar-refractivity contribution in [3.8, 4) is 11.4 Å². The molecular formula is C22H21BrN4OS. The molecule has 1 saturated heterocycles. The molecule has 1 aliphatic heterocycles. The zero-order valence-electron chi connectivity index (χ0n) is 15.8. The largest absolute Gasteiger partial charge is 0.376 e. The Balaban J connectivity index is 1.48. The molecule has 5 rings (SSSR count). The van der Waals surface area contributed by atoms with Crippen LogP contribution in [-0.2, 0) is 17.0 Å². The molecule has 1 N–H and O–H groups in total. The summed E-state index contributed by atoms with van der Waals surface area (Å²) in [6, 6.07) is 16.7. The monoisotopic (exact) mass is 468 g/mol. The second-order valence-electron chi connectivity index (χ2n) is 7.21. The molecule has 0 amide bonds. The standard InChI is InChI=1S/C22H21BrN4OS/c23-16-9-7-15(8-10-16)14-29-22-26-25-21(27(22)13-17-4-3-11-28-17)19-12-24-20-6-2-1-5-18(19)20/h1-2,5-10,12,17,24H,3-4,11,13-14H2/t17-/m1/s1. The van der Waals surface area contributed by atoms with Gasteiger partial charge in [-0.25, -0.2) is 0 Å². The van der Waals surface area contributed by atoms with Gasteiger partial charge < -0.3 is 9.72 Å². The first-order valence-corrected chi connectivity index (χ1v) is 11.5. The summed E-state index contributed by atoms with van der Waals surface area (Å²) >= 11 is 5.22. The molecule has 148 valence electrons. The van der Waals surface area contributed by atoms with Gasteiger partial charge in [-0.05, 0) is 36.6 Å². The van der Waals surface area contributed by atoms with Crippen LogP contribution in [0.2, 0.25) is 0 Å². The average Bonchev–Trinajstić information content (AvgIpc) is 3.48. The number of aromatic nitrogens is 4. The third-order valence-electron chi connectivity index (χ3n) is 5.24. The van der Waals surface area contributed by atoms with Crippen molar-refractivity contribution in [3.05, 3.63) is 64.8 Å². The highest BCUT2D eigenvalue weighted by atomic mass is 79.9. The lowest BCUT2D eigenvalue weighted by atomic mass is 10.1. The van der Waals surface area contributed by atoms with Crippen molar-refractivity contribution in [1.82, 2.24) is 19.7 Å². The number of rotatable bonds is 6. The first-order valence-electron chi connectivity index (χ1n) is 9.76. The fourth-order valence-electron chi connectivity index (χ4n) is 3.74. The number of nitrogens with zero attached hydrogens (tertiary/aromatic N) is 3. The van der Waals surface area contributed by atoms with E-state index in [1.807, 2.05) is 12.3 Å². The molecule has 2 aromatic carbocycles. The average molecular weight is 469 g/mol. The van der Waals surface area contributed by atoms with Gasteiger partial charge in [0.1, 0.15) is 0 Å². The number of ether oxygens (including phenoxy) is 1. The minimum Gasteiger partial charge on any atom is -0.376 e. The number of fused-ring (bicyclic) bond motifs is 1. The van der Waals surface area contributed by atoms with Crippen LogP contribution >= 0.6 is 27.7 Å². The molecule has 0 aliphatic carbocycles. The van der Waals surface area contributed by atoms with Gasteiger partial charge in [0, 0.05) is 39.5 Å². The van der Waals surface area contributed by atoms with Crippen LogP contribution in [0.1, 0.15) is 18.4 Å². The second-order valence-corrected chi connectivity index (χ2v) is 9.07. The van der Waals surface area contributed by atoms with Gasteiger partial charge in [0.15, 0.2) is 11.0 Å². The number of thioether (sulfide) groups is 1. The van der Waals surface area contributed by atoms with Gasteiger partial charge in [-0.15, -0.1) is 10.2 Å². The van der Waals surface area contributed by atoms with E-state index in [1.54, 1.807) is 11.8 Å². The molecule has 29 heavy (non-hydrogen) atoms. The van der Waals surface area contributed by atoms with Gasteiger partial charge >= 0.3 is 0 Å². The predicted molar refractivity (Wildman–Crippen MR) is 120 cm³/mol. The minimum atomic E-state index is 0.224. The Kier molecular flexibility index (Phi) is 5.44. The number of halogens is 1. The van der Waals surface area contributed by atoms with Gasteiger partial charge in [-0.2, -0.15) is 0 Å². The SMILES string of the molecule is Brc1ccc(CSc2nnc(-c3c[nH]c4ccccc34)n2C[C@H]2CCCO2)cc1. The number of nitrogens with one attached hydrogen (secondary N) is 1. The number of para-hydroxylation sites is 1. The fraction of sp³-hybridized carbons (Fsp3) is 0.273. The van der Waals surface area contributed by atoms with Crippen molar-refractivity contribution in [2.45, 2.75) is 36.4 Å². The zero-order chi connectivity index (χ0) is 19.6. The van der Waals surface area contributed by atoms with Gasteiger partial charge in [0.05, 0.1) is 12.6 Å². The Hall–Kier alpha value is -2.09. The summed E-state index contributed by atoms with van der Waals surface area (Å²) in [7, 11) is 0. The third kappa shape index (κ3) is 3.99. The molecule has 0 radical (unpaired) electrons. The van der Waals surface area contributed by atoms with E-state index in [2.05, 4.69) is 78.1 Å². The smallest absolute Gasteiger partial charge is 0.191 e. The van der Waals surface area contributed by atoms with E-state index in [1.165, 1.54) is 5.56 Å². The summed E-state index contributed by atoms with van der Waals surface area (Å²) in [6.45, 7) is 1.63. The van der Waals surface area contributed by atoms with Crippen LogP contribution in [0.15, 0.2) is 64.4 Å². The van der Waals surface area contributed by atoms with Crippen molar-refractivity contribution >= 4 is 38.6 Å². The van der Waals surface area contributed by atoms with Crippen molar-refractivity contribution in [1.29, 1.82) is 0 Å². The molecule has 0 saturated carbocycles. The quantitative estimate of drug-likeness (QED) is 0.370. The normalized spacial score (nSPS) is 16.7. The van der Waals surface area contributed by atoms with E-state index < -0.39 is 0 Å². The van der Waals surface area contributed by atoms with Crippen LogP contribution in [-0.4, -0.2) is 32.5 Å². The maximum Gasteiger partial charge on any atom is 0.191 e. The van der Waals surface area contributed by atoms with Gasteiger partial charge in [-0.3, -0.25) is 4.57 Å². The van der Waals surface area contributed by atoms with E-state index >= 15 is 0 Å². The minimum absolute atomic E-state index is 0.224. The Bertz CT molecular complexity index is 1120. The summed E-state index contributed by atoms with van der Waals surface area (Å²) in [5.74, 6) is 1.75. The highest BCUT2D eigenvalue weighted by molar-refractivity contribution is 9.10. The predicted octanol–water partition coefficient (Wildman–Crippen LogP) is 5.66. The Morgan fingerprint density at radius 1 is 1.14 bits per heavy atom. The molecule has 3 heterocycles. The second kappa shape index (κ2) is 8.34. The van der Waals surface area contributed by atoms with E-state index in [0.29, 0.717) is 0 Å². The van der Waals surface area contributed by atoms with Crippen molar-refractivity contribution in [2.75, 3.05) is 6.61 Å². The van der Waals surface area contributed by atoms with E-state index in [0.717, 1.165) is 63.7 Å². The summed E-state index contributed by atoms with van der Waals surface area (Å²) < 4.78 is 9.24. The molecule has 1 fully saturated rings. The topological polar surface area (TPSA) is 55.7 Å². The third-order valence-corrected chi connectivity index (χ3v) is 6.80. The Morgan fingerprint density at radius 2 is 2.00 bits per heavy atom. The summed E-state index contributed by atoms with van der Waals surface area (Å²) in [5.41, 5.74) is 3.46. The number of H-pyrrole nitrogens is 1. The molecule has 0 bridgehead atoms. The van der Waals surface area contributed by atoms with E-state index in [4.69, 9.17) is 4.74 Å². The maximum absolute atomic E-state index is 5.92. The van der Waals surface area contributed by atoms with Crippen molar-refractivity contribution in [2.24, 2.45) is 0 Å². The lowest BCUT2D eigenvalue weighted by molar-refractivity contribution is 0.0953. The van der Waals surface area contributed by atoms with E-state index in [-0.39, 0.29) is 6.10 Å². The molecule has 4 aromatic rings. The highest BCUT2D eigenvalue weighted by Crippen LogP contribution is 2.32. The first kappa shape index (κ1) is 18.9. The first-order chi connectivity index (χ1) is 14.3. The lowest BCUT2D eigenvalue weighted by Gasteiger charge is -2.14. The summed E-state index contributed by atoms with van der Waals surface area (Å²) in [5, 5.41) is 11.2. The Morgan fingerprint density at radius 3 is 2.83 bits per heavy atom. The van der Waals surface area contributed by atoms with Crippen molar-refractivity contribution in [3.63, 3.8) is 0 Å². The molecule has 2 aromatic heterocycles. The number of benzene rings is 2. The molecule has 7 heteroatoms. The van der Waals surface area contributed by atoms with Crippen LogP contribution in [0.4, 0.5) is 0 Å². The number of hydrogen-bond donors (Lipinski definition) is 1. The maximum atomic E-state index is 5.92. The molecule has 0 spiro atoms. The van der Waals surface area contributed by atoms with Crippen LogP contribution in [0.25, 0.3) is 22.3 Å². The van der Waals surface area contributed by atoms with Crippen LogP contribution in [0.3, 0.4) is 0 Å².